The van der Waals surface area contributed by atoms with Gasteiger partial charge in [0.15, 0.2) is 0 Å². The fourth-order valence-corrected chi connectivity index (χ4v) is 3.85. The van der Waals surface area contributed by atoms with Gasteiger partial charge < -0.3 is 4.57 Å². The molecule has 142 valence electrons. The number of amides is 2. The van der Waals surface area contributed by atoms with Crippen molar-refractivity contribution >= 4 is 39.5 Å². The van der Waals surface area contributed by atoms with Crippen molar-refractivity contribution in [1.29, 1.82) is 0 Å². The molecule has 0 atom stereocenters. The van der Waals surface area contributed by atoms with Gasteiger partial charge in [0.25, 0.3) is 11.1 Å². The van der Waals surface area contributed by atoms with Gasteiger partial charge in [0, 0.05) is 18.1 Å². The number of hydrogen-bond acceptors (Lipinski definition) is 3. The van der Waals surface area contributed by atoms with Gasteiger partial charge in [-0.25, -0.2) is 4.90 Å². The first-order chi connectivity index (χ1) is 13.3. The quantitative estimate of drug-likeness (QED) is 0.549. The first kappa shape index (κ1) is 18.4. The Morgan fingerprint density at radius 2 is 1.79 bits per heavy atom. The predicted octanol–water partition coefficient (Wildman–Crippen LogP) is 5.42. The van der Waals surface area contributed by atoms with Gasteiger partial charge in [-0.1, -0.05) is 24.8 Å². The van der Waals surface area contributed by atoms with Crippen LogP contribution in [0.2, 0.25) is 0 Å². The Morgan fingerprint density at radius 3 is 2.46 bits per heavy atom. The number of imide groups is 1. The second kappa shape index (κ2) is 6.56. The minimum absolute atomic E-state index is 0.158. The van der Waals surface area contributed by atoms with Gasteiger partial charge in [-0.15, -0.1) is 0 Å². The Bertz CT molecular complexity index is 1130. The summed E-state index contributed by atoms with van der Waals surface area (Å²) in [4.78, 5) is 25.7. The fraction of sp³-hybridized carbons (Fsp3) is 0.100. The highest BCUT2D eigenvalue weighted by Crippen LogP contribution is 2.37. The molecule has 0 saturated carbocycles. The van der Waals surface area contributed by atoms with Crippen molar-refractivity contribution < 1.29 is 22.8 Å². The molecule has 4 rings (SSSR count). The van der Waals surface area contributed by atoms with Crippen LogP contribution >= 0.6 is 11.8 Å². The van der Waals surface area contributed by atoms with Gasteiger partial charge in [0.2, 0.25) is 0 Å². The molecule has 28 heavy (non-hydrogen) atoms. The highest BCUT2D eigenvalue weighted by Gasteiger charge is 2.36. The fourth-order valence-electron chi connectivity index (χ4n) is 3.19. The van der Waals surface area contributed by atoms with E-state index in [2.05, 4.69) is 6.58 Å². The summed E-state index contributed by atoms with van der Waals surface area (Å²) in [5, 5.41) is 0.236. The van der Waals surface area contributed by atoms with Crippen molar-refractivity contribution in [2.45, 2.75) is 12.7 Å². The number of benzene rings is 2. The normalized spacial score (nSPS) is 15.1. The van der Waals surface area contributed by atoms with Crippen LogP contribution in [0.4, 0.5) is 23.7 Å². The number of hydrogen-bond donors (Lipinski definition) is 0. The molecular formula is C20H13F3N2O2S. The summed E-state index contributed by atoms with van der Waals surface area (Å²) in [5.74, 6) is -0.465. The molecule has 0 spiro atoms. The topological polar surface area (TPSA) is 42.3 Å². The van der Waals surface area contributed by atoms with Crippen LogP contribution in [0.5, 0.6) is 0 Å². The van der Waals surface area contributed by atoms with E-state index in [0.717, 1.165) is 28.8 Å². The molecule has 2 heterocycles. The van der Waals surface area contributed by atoms with Crippen molar-refractivity contribution in [3.8, 4) is 0 Å². The number of halogens is 3. The molecule has 0 radical (unpaired) electrons. The molecular weight excluding hydrogens is 389 g/mol. The van der Waals surface area contributed by atoms with Crippen LogP contribution in [-0.2, 0) is 17.5 Å². The van der Waals surface area contributed by atoms with Crippen LogP contribution < -0.4 is 4.90 Å². The Morgan fingerprint density at radius 1 is 1.04 bits per heavy atom. The van der Waals surface area contributed by atoms with Crippen LogP contribution in [0.1, 0.15) is 11.1 Å². The highest BCUT2D eigenvalue weighted by atomic mass is 32.2. The Labute approximate surface area is 162 Å². The monoisotopic (exact) mass is 402 g/mol. The zero-order valence-electron chi connectivity index (χ0n) is 14.4. The summed E-state index contributed by atoms with van der Waals surface area (Å²) >= 11 is 0.783. The smallest absolute Gasteiger partial charge is 0.343 e. The van der Waals surface area contributed by atoms with Gasteiger partial charge in [-0.05, 0) is 47.7 Å². The lowest BCUT2D eigenvalue weighted by molar-refractivity contribution is -0.137. The van der Waals surface area contributed by atoms with Crippen LogP contribution in [0, 0.1) is 0 Å². The number of nitrogens with zero attached hydrogens (tertiary/aromatic N) is 2. The molecule has 2 aromatic carbocycles. The summed E-state index contributed by atoms with van der Waals surface area (Å²) in [6, 6.07) is 12.0. The zero-order chi connectivity index (χ0) is 20.1. The van der Waals surface area contributed by atoms with E-state index < -0.39 is 22.9 Å². The number of alkyl halides is 3. The molecule has 0 N–H and O–H groups in total. The largest absolute Gasteiger partial charge is 0.416 e. The van der Waals surface area contributed by atoms with Crippen LogP contribution in [0.25, 0.3) is 10.9 Å². The van der Waals surface area contributed by atoms with Crippen molar-refractivity contribution in [2.75, 3.05) is 4.90 Å². The Kier molecular flexibility index (Phi) is 4.30. The average molecular weight is 402 g/mol. The number of rotatable bonds is 3. The standard InChI is InChI=1S/C20H13F3N2O2S/c1-12-18(26)25(19(27)28-12)17-7-3-6-16-15(17)8-9-24(16)11-13-4-2-5-14(10-13)20(21,22)23/h2-10H,1,11H2. The molecule has 0 unspecified atom stereocenters. The second-order valence-corrected chi connectivity index (χ2v) is 7.33. The first-order valence-electron chi connectivity index (χ1n) is 8.25. The van der Waals surface area contributed by atoms with E-state index in [1.54, 1.807) is 41.1 Å². The maximum absolute atomic E-state index is 12.9. The van der Waals surface area contributed by atoms with Crippen molar-refractivity contribution in [2.24, 2.45) is 0 Å². The number of carbonyl (C=O) groups is 2. The third kappa shape index (κ3) is 3.09. The van der Waals surface area contributed by atoms with Crippen molar-refractivity contribution in [3.63, 3.8) is 0 Å². The zero-order valence-corrected chi connectivity index (χ0v) is 15.2. The van der Waals surface area contributed by atoms with E-state index in [-0.39, 0.29) is 11.4 Å². The predicted molar refractivity (Wildman–Crippen MR) is 102 cm³/mol. The van der Waals surface area contributed by atoms with Crippen LogP contribution in [0.15, 0.2) is 66.2 Å². The van der Waals surface area contributed by atoms with E-state index in [0.29, 0.717) is 22.2 Å². The summed E-state index contributed by atoms with van der Waals surface area (Å²) in [6.45, 7) is 3.81. The number of fused-ring (bicyclic) bond motifs is 1. The van der Waals surface area contributed by atoms with E-state index in [1.165, 1.54) is 6.07 Å². The average Bonchev–Trinajstić information content (AvgIpc) is 3.15. The molecule has 1 aromatic heterocycles. The van der Waals surface area contributed by atoms with E-state index in [4.69, 9.17) is 0 Å². The minimum Gasteiger partial charge on any atom is -0.343 e. The third-order valence-corrected chi connectivity index (χ3v) is 5.25. The number of carbonyl (C=O) groups excluding carboxylic acids is 2. The molecule has 1 aliphatic heterocycles. The molecule has 2 amide bonds. The lowest BCUT2D eigenvalue weighted by Gasteiger charge is -2.14. The minimum atomic E-state index is -4.40. The molecule has 1 aliphatic rings. The summed E-state index contributed by atoms with van der Waals surface area (Å²) in [7, 11) is 0. The van der Waals surface area contributed by atoms with Gasteiger partial charge in [-0.2, -0.15) is 13.2 Å². The summed E-state index contributed by atoms with van der Waals surface area (Å²) in [5.41, 5.74) is 0.931. The molecule has 8 heteroatoms. The summed E-state index contributed by atoms with van der Waals surface area (Å²) < 4.78 is 40.6. The lowest BCUT2D eigenvalue weighted by atomic mass is 10.1. The molecule has 0 bridgehead atoms. The van der Waals surface area contributed by atoms with Crippen LogP contribution in [0.3, 0.4) is 0 Å². The van der Waals surface area contributed by atoms with E-state index in [9.17, 15) is 22.8 Å². The Hall–Kier alpha value is -3.00. The molecule has 0 aliphatic carbocycles. The number of anilines is 1. The molecule has 4 nitrogen and oxygen atoms in total. The number of thioether (sulfide) groups is 1. The summed E-state index contributed by atoms with van der Waals surface area (Å²) in [6.07, 6.45) is -2.68. The highest BCUT2D eigenvalue weighted by molar-refractivity contribution is 8.18. The third-order valence-electron chi connectivity index (χ3n) is 4.47. The first-order valence-corrected chi connectivity index (χ1v) is 9.06. The van der Waals surface area contributed by atoms with Crippen molar-refractivity contribution in [3.05, 3.63) is 77.3 Å². The molecule has 1 saturated heterocycles. The van der Waals surface area contributed by atoms with Gasteiger partial charge in [0.05, 0.1) is 21.7 Å². The second-order valence-electron chi connectivity index (χ2n) is 6.28. The Balaban J connectivity index is 1.73. The van der Waals surface area contributed by atoms with Crippen LogP contribution in [-0.4, -0.2) is 15.7 Å². The lowest BCUT2D eigenvalue weighted by Crippen LogP contribution is -2.27. The van der Waals surface area contributed by atoms with Gasteiger partial charge in [0.1, 0.15) is 0 Å². The van der Waals surface area contributed by atoms with Gasteiger partial charge >= 0.3 is 6.18 Å². The molecule has 3 aromatic rings. The van der Waals surface area contributed by atoms with Crippen molar-refractivity contribution in [1.82, 2.24) is 4.57 Å². The number of aromatic nitrogens is 1. The SMILES string of the molecule is C=C1SC(=O)N(c2cccc3c2ccn3Cc2cccc(C(F)(F)F)c2)C1=O. The van der Waals surface area contributed by atoms with Gasteiger partial charge in [-0.3, -0.25) is 9.59 Å². The maximum atomic E-state index is 12.9. The maximum Gasteiger partial charge on any atom is 0.416 e. The molecule has 1 fully saturated rings. The van der Waals surface area contributed by atoms with E-state index in [1.807, 2.05) is 0 Å². The van der Waals surface area contributed by atoms with E-state index >= 15 is 0 Å².